The predicted molar refractivity (Wildman–Crippen MR) is 66.2 cm³/mol. The molecule has 1 heterocycles. The number of nitrogens with zero attached hydrogens (tertiary/aromatic N) is 2. The fraction of sp³-hybridized carbons (Fsp3) is 0.545. The number of nitrogens with one attached hydrogen (secondary N) is 1. The van der Waals surface area contributed by atoms with E-state index >= 15 is 0 Å². The Morgan fingerprint density at radius 3 is 2.71 bits per heavy atom. The number of primary amides is 1. The molecule has 17 heavy (non-hydrogen) atoms. The van der Waals surface area contributed by atoms with E-state index in [-0.39, 0.29) is 11.8 Å². The molecule has 0 saturated heterocycles. The molecule has 1 atom stereocenters. The molecule has 1 rings (SSSR count). The van der Waals surface area contributed by atoms with E-state index in [1.54, 1.807) is 6.07 Å². The van der Waals surface area contributed by atoms with Crippen molar-refractivity contribution in [1.82, 2.24) is 9.97 Å². The van der Waals surface area contributed by atoms with Crippen LogP contribution < -0.4 is 16.8 Å². The highest BCUT2D eigenvalue weighted by atomic mass is 16.1. The Balaban J connectivity index is 2.78. The Kier molecular flexibility index (Phi) is 4.84. The van der Waals surface area contributed by atoms with Crippen LogP contribution in [0.4, 0.5) is 5.82 Å². The maximum Gasteiger partial charge on any atom is 0.240 e. The Morgan fingerprint density at radius 2 is 2.18 bits per heavy atom. The van der Waals surface area contributed by atoms with Gasteiger partial charge >= 0.3 is 0 Å². The first-order valence-electron chi connectivity index (χ1n) is 5.61. The largest absolute Gasteiger partial charge is 0.368 e. The van der Waals surface area contributed by atoms with Crippen molar-refractivity contribution in [3.63, 3.8) is 0 Å². The molecular formula is C11H19N5O. The van der Waals surface area contributed by atoms with Crippen molar-refractivity contribution in [2.24, 2.45) is 17.4 Å². The minimum Gasteiger partial charge on any atom is -0.368 e. The summed E-state index contributed by atoms with van der Waals surface area (Å²) in [6.45, 7) is 4.37. The Labute approximate surface area is 101 Å². The van der Waals surface area contributed by atoms with Gasteiger partial charge in [0.15, 0.2) is 0 Å². The van der Waals surface area contributed by atoms with E-state index in [1.165, 1.54) is 6.33 Å². The summed E-state index contributed by atoms with van der Waals surface area (Å²) in [4.78, 5) is 19.4. The van der Waals surface area contributed by atoms with E-state index in [4.69, 9.17) is 11.5 Å². The van der Waals surface area contributed by atoms with Crippen LogP contribution in [0.2, 0.25) is 0 Å². The minimum atomic E-state index is -0.435. The van der Waals surface area contributed by atoms with E-state index < -0.39 is 6.04 Å². The van der Waals surface area contributed by atoms with E-state index in [0.29, 0.717) is 18.8 Å². The summed E-state index contributed by atoms with van der Waals surface area (Å²) in [6.07, 6.45) is 2.13. The third-order valence-electron chi connectivity index (χ3n) is 2.40. The van der Waals surface area contributed by atoms with Crippen LogP contribution in [-0.4, -0.2) is 28.5 Å². The van der Waals surface area contributed by atoms with Gasteiger partial charge in [0.2, 0.25) is 5.91 Å². The molecule has 0 saturated carbocycles. The Morgan fingerprint density at radius 1 is 1.47 bits per heavy atom. The zero-order valence-electron chi connectivity index (χ0n) is 10.2. The number of rotatable bonds is 6. The third kappa shape index (κ3) is 3.99. The van der Waals surface area contributed by atoms with Crippen molar-refractivity contribution in [3.05, 3.63) is 18.1 Å². The predicted octanol–water partition coefficient (Wildman–Crippen LogP) is -0.100. The van der Waals surface area contributed by atoms with Gasteiger partial charge in [-0.15, -0.1) is 0 Å². The van der Waals surface area contributed by atoms with Crippen molar-refractivity contribution in [2.75, 3.05) is 11.9 Å². The smallest absolute Gasteiger partial charge is 0.240 e. The molecule has 0 bridgehead atoms. The van der Waals surface area contributed by atoms with Gasteiger partial charge in [0.25, 0.3) is 0 Å². The molecule has 0 spiro atoms. The highest BCUT2D eigenvalue weighted by molar-refractivity contribution is 5.82. The summed E-state index contributed by atoms with van der Waals surface area (Å²) in [7, 11) is 0. The average Bonchev–Trinajstić information content (AvgIpc) is 2.26. The average molecular weight is 237 g/mol. The molecule has 0 fully saturated rings. The molecule has 5 N–H and O–H groups in total. The van der Waals surface area contributed by atoms with Crippen molar-refractivity contribution >= 4 is 11.7 Å². The van der Waals surface area contributed by atoms with Gasteiger partial charge in [-0.25, -0.2) is 9.97 Å². The van der Waals surface area contributed by atoms with Crippen molar-refractivity contribution in [3.8, 4) is 0 Å². The molecule has 1 aromatic heterocycles. The van der Waals surface area contributed by atoms with Crippen molar-refractivity contribution < 1.29 is 4.79 Å². The third-order valence-corrected chi connectivity index (χ3v) is 2.40. The lowest BCUT2D eigenvalue weighted by Crippen LogP contribution is -2.39. The zero-order valence-corrected chi connectivity index (χ0v) is 10.2. The number of hydrogen-bond donors (Lipinski definition) is 3. The lowest BCUT2D eigenvalue weighted by atomic mass is 10.0. The van der Waals surface area contributed by atoms with Crippen LogP contribution >= 0.6 is 0 Å². The molecule has 1 aromatic rings. The van der Waals surface area contributed by atoms with Crippen LogP contribution in [0, 0.1) is 5.92 Å². The second kappa shape index (κ2) is 6.15. The van der Waals surface area contributed by atoms with E-state index in [2.05, 4.69) is 15.3 Å². The quantitative estimate of drug-likeness (QED) is 0.640. The number of amides is 1. The summed E-state index contributed by atoms with van der Waals surface area (Å²) >= 11 is 0. The highest BCUT2D eigenvalue weighted by Crippen LogP contribution is 2.10. The number of carbonyl (C=O) groups excluding carboxylic acids is 1. The van der Waals surface area contributed by atoms with E-state index in [9.17, 15) is 4.79 Å². The summed E-state index contributed by atoms with van der Waals surface area (Å²) in [5.41, 5.74) is 11.6. The van der Waals surface area contributed by atoms with E-state index in [1.807, 2.05) is 13.8 Å². The summed E-state index contributed by atoms with van der Waals surface area (Å²) in [6, 6.07) is 1.35. The zero-order chi connectivity index (χ0) is 12.8. The molecule has 1 amide bonds. The van der Waals surface area contributed by atoms with Gasteiger partial charge in [-0.2, -0.15) is 0 Å². The minimum absolute atomic E-state index is 0.0976. The van der Waals surface area contributed by atoms with Gasteiger partial charge < -0.3 is 16.8 Å². The fourth-order valence-electron chi connectivity index (χ4n) is 1.49. The summed E-state index contributed by atoms with van der Waals surface area (Å²) < 4.78 is 0. The van der Waals surface area contributed by atoms with Gasteiger partial charge in [-0.3, -0.25) is 4.79 Å². The number of hydrogen-bond acceptors (Lipinski definition) is 5. The van der Waals surface area contributed by atoms with Crippen LogP contribution in [-0.2, 0) is 11.2 Å². The second-order valence-corrected chi connectivity index (χ2v) is 4.20. The van der Waals surface area contributed by atoms with Gasteiger partial charge in [0.05, 0.1) is 0 Å². The molecule has 0 aliphatic carbocycles. The van der Waals surface area contributed by atoms with Crippen LogP contribution in [0.3, 0.4) is 0 Å². The Hall–Kier alpha value is -1.69. The summed E-state index contributed by atoms with van der Waals surface area (Å²) in [5.74, 6) is 0.306. The molecule has 0 aliphatic rings. The lowest BCUT2D eigenvalue weighted by Gasteiger charge is -2.19. The lowest BCUT2D eigenvalue weighted by molar-refractivity contribution is -0.119. The molecule has 0 aliphatic heterocycles. The molecule has 6 heteroatoms. The normalized spacial score (nSPS) is 12.5. The van der Waals surface area contributed by atoms with Crippen LogP contribution in [0.1, 0.15) is 19.5 Å². The molecular weight excluding hydrogens is 218 g/mol. The first-order chi connectivity index (χ1) is 8.04. The van der Waals surface area contributed by atoms with Crippen LogP contribution in [0.25, 0.3) is 0 Å². The molecule has 94 valence electrons. The van der Waals surface area contributed by atoms with Gasteiger partial charge in [0, 0.05) is 18.2 Å². The number of anilines is 1. The summed E-state index contributed by atoms with van der Waals surface area (Å²) in [5, 5.41) is 3.01. The number of aromatic nitrogens is 2. The van der Waals surface area contributed by atoms with E-state index in [0.717, 1.165) is 5.69 Å². The monoisotopic (exact) mass is 237 g/mol. The maximum atomic E-state index is 11.3. The maximum absolute atomic E-state index is 11.3. The molecule has 0 aromatic carbocycles. The second-order valence-electron chi connectivity index (χ2n) is 4.20. The standard InChI is InChI=1S/C11H19N5O/c1-7(2)10(11(13)17)16-9-5-8(3-4-12)14-6-15-9/h5-7,10H,3-4,12H2,1-2H3,(H2,13,17)(H,14,15,16)/t10-/m0/s1. The molecule has 6 nitrogen and oxygen atoms in total. The highest BCUT2D eigenvalue weighted by Gasteiger charge is 2.19. The number of nitrogens with two attached hydrogens (primary N) is 2. The molecule has 0 radical (unpaired) electrons. The molecule has 0 unspecified atom stereocenters. The number of carbonyl (C=O) groups is 1. The van der Waals surface area contributed by atoms with Gasteiger partial charge in [-0.1, -0.05) is 13.8 Å². The SMILES string of the molecule is CC(C)[C@H](Nc1cc(CCN)ncn1)C(N)=O. The fourth-order valence-corrected chi connectivity index (χ4v) is 1.49. The van der Waals surface area contributed by atoms with Gasteiger partial charge in [-0.05, 0) is 12.5 Å². The van der Waals surface area contributed by atoms with Crippen LogP contribution in [0.15, 0.2) is 12.4 Å². The van der Waals surface area contributed by atoms with Crippen molar-refractivity contribution in [1.29, 1.82) is 0 Å². The topological polar surface area (TPSA) is 107 Å². The Bertz CT molecular complexity index is 380. The first kappa shape index (κ1) is 13.4. The van der Waals surface area contributed by atoms with Crippen molar-refractivity contribution in [2.45, 2.75) is 26.3 Å². The first-order valence-corrected chi connectivity index (χ1v) is 5.61. The van der Waals surface area contributed by atoms with Gasteiger partial charge in [0.1, 0.15) is 18.2 Å². The van der Waals surface area contributed by atoms with Crippen LogP contribution in [0.5, 0.6) is 0 Å².